The third-order valence-electron chi connectivity index (χ3n) is 6.23. The van der Waals surface area contributed by atoms with E-state index in [1.54, 1.807) is 0 Å². The van der Waals surface area contributed by atoms with Crippen molar-refractivity contribution >= 4 is 11.8 Å². The molecule has 2 aromatic rings. The highest BCUT2D eigenvalue weighted by Gasteiger charge is 2.47. The van der Waals surface area contributed by atoms with Crippen LogP contribution in [0, 0.1) is 17.5 Å². The Bertz CT molecular complexity index is 1190. The molecule has 2 amide bonds. The average molecular weight is 449 g/mol. The van der Waals surface area contributed by atoms with E-state index in [-0.39, 0.29) is 24.4 Å². The smallest absolute Gasteiger partial charge is 0.276 e. The van der Waals surface area contributed by atoms with E-state index in [1.165, 1.54) is 9.47 Å². The molecule has 11 heteroatoms. The molecule has 168 valence electrons. The van der Waals surface area contributed by atoms with Crippen molar-refractivity contribution in [3.63, 3.8) is 0 Å². The summed E-state index contributed by atoms with van der Waals surface area (Å²) in [7, 11) is 0. The van der Waals surface area contributed by atoms with Crippen molar-refractivity contribution in [2.24, 2.45) is 0 Å². The number of benzene rings is 1. The van der Waals surface area contributed by atoms with Gasteiger partial charge in [0.1, 0.15) is 23.0 Å². The molecule has 1 aromatic carbocycles. The van der Waals surface area contributed by atoms with Crippen LogP contribution in [-0.2, 0) is 17.8 Å². The van der Waals surface area contributed by atoms with Gasteiger partial charge in [-0.1, -0.05) is 0 Å². The second-order valence-electron chi connectivity index (χ2n) is 8.14. The molecule has 2 bridgehead atoms. The molecule has 0 radical (unpaired) electrons. The van der Waals surface area contributed by atoms with Crippen LogP contribution in [0.1, 0.15) is 45.7 Å². The van der Waals surface area contributed by atoms with E-state index in [4.69, 9.17) is 4.74 Å². The fourth-order valence-corrected chi connectivity index (χ4v) is 4.72. The zero-order chi connectivity index (χ0) is 22.7. The lowest BCUT2D eigenvalue weighted by Crippen LogP contribution is -2.57. The molecule has 5 rings (SSSR count). The van der Waals surface area contributed by atoms with E-state index in [2.05, 4.69) is 5.32 Å². The minimum Gasteiger partial charge on any atom is -0.503 e. The predicted octanol–water partition coefficient (Wildman–Crippen LogP) is 1.63. The molecule has 3 aliphatic rings. The first kappa shape index (κ1) is 20.6. The van der Waals surface area contributed by atoms with Gasteiger partial charge in [0.15, 0.2) is 17.7 Å². The molecule has 3 heterocycles. The van der Waals surface area contributed by atoms with Gasteiger partial charge < -0.3 is 24.6 Å². The Kier molecular flexibility index (Phi) is 4.73. The van der Waals surface area contributed by atoms with Crippen LogP contribution in [-0.4, -0.2) is 44.8 Å². The molecule has 8 nitrogen and oxygen atoms in total. The number of ether oxygens (including phenoxy) is 1. The lowest BCUT2D eigenvalue weighted by molar-refractivity contribution is -0.132. The number of hydrogen-bond donors (Lipinski definition) is 2. The fraction of sp³-hybridized carbons (Fsp3) is 0.381. The van der Waals surface area contributed by atoms with Crippen LogP contribution in [0.25, 0.3) is 0 Å². The summed E-state index contributed by atoms with van der Waals surface area (Å²) in [5, 5.41) is 12.6. The lowest BCUT2D eigenvalue weighted by atomic mass is 10.1. The van der Waals surface area contributed by atoms with Crippen LogP contribution in [0.2, 0.25) is 0 Å². The summed E-state index contributed by atoms with van der Waals surface area (Å²) in [6.45, 7) is -0.538. The van der Waals surface area contributed by atoms with Crippen LogP contribution in [0.4, 0.5) is 13.2 Å². The molecule has 2 fully saturated rings. The number of carbonyl (C=O) groups is 2. The maximum atomic E-state index is 13.8. The van der Waals surface area contributed by atoms with Crippen molar-refractivity contribution in [1.82, 2.24) is 14.8 Å². The predicted molar refractivity (Wildman–Crippen MR) is 102 cm³/mol. The first-order valence-corrected chi connectivity index (χ1v) is 10.1. The second kappa shape index (κ2) is 7.37. The zero-order valence-electron chi connectivity index (χ0n) is 16.6. The third kappa shape index (κ3) is 3.15. The van der Waals surface area contributed by atoms with Crippen molar-refractivity contribution in [3.8, 4) is 5.75 Å². The number of pyridine rings is 1. The summed E-state index contributed by atoms with van der Waals surface area (Å²) in [4.78, 5) is 39.7. The van der Waals surface area contributed by atoms with E-state index in [9.17, 15) is 32.7 Å². The maximum Gasteiger partial charge on any atom is 0.276 e. The summed E-state index contributed by atoms with van der Waals surface area (Å²) in [6.07, 6.45) is 2.86. The average Bonchev–Trinajstić information content (AvgIpc) is 3.10. The molecular formula is C21H18F3N3O5. The topological polar surface area (TPSA) is 101 Å². The Morgan fingerprint density at radius 1 is 1.19 bits per heavy atom. The highest BCUT2D eigenvalue weighted by atomic mass is 19.1. The SMILES string of the molecule is O=C(NCc1c(F)cc(F)cc1F)c1cn2c(c(O)c1=O)C(=O)N1C3CCC(C3)O[C@H]1C2. The summed E-state index contributed by atoms with van der Waals surface area (Å²) in [5.74, 6) is -5.93. The quantitative estimate of drug-likeness (QED) is 0.742. The van der Waals surface area contributed by atoms with Crippen molar-refractivity contribution in [2.45, 2.75) is 50.7 Å². The summed E-state index contributed by atoms with van der Waals surface area (Å²) < 4.78 is 47.9. The first-order valence-electron chi connectivity index (χ1n) is 10.1. The fourth-order valence-electron chi connectivity index (χ4n) is 4.72. The van der Waals surface area contributed by atoms with Gasteiger partial charge in [-0.05, 0) is 19.3 Å². The number of hydrogen-bond acceptors (Lipinski definition) is 5. The third-order valence-corrected chi connectivity index (χ3v) is 6.23. The highest BCUT2D eigenvalue weighted by Crippen LogP contribution is 2.38. The van der Waals surface area contributed by atoms with Crippen LogP contribution >= 0.6 is 0 Å². The minimum absolute atomic E-state index is 0.0296. The van der Waals surface area contributed by atoms with E-state index < -0.39 is 64.3 Å². The number of rotatable bonds is 3. The Labute approximate surface area is 179 Å². The Morgan fingerprint density at radius 2 is 1.91 bits per heavy atom. The van der Waals surface area contributed by atoms with Crippen LogP contribution < -0.4 is 10.7 Å². The Hall–Kier alpha value is -3.34. The molecule has 1 saturated heterocycles. The van der Waals surface area contributed by atoms with Gasteiger partial charge in [0, 0.05) is 36.5 Å². The van der Waals surface area contributed by atoms with Crippen molar-refractivity contribution in [2.75, 3.05) is 0 Å². The molecule has 1 aromatic heterocycles. The molecule has 2 unspecified atom stereocenters. The molecule has 1 saturated carbocycles. The summed E-state index contributed by atoms with van der Waals surface area (Å²) >= 11 is 0. The molecule has 32 heavy (non-hydrogen) atoms. The van der Waals surface area contributed by atoms with Gasteiger partial charge in [-0.2, -0.15) is 0 Å². The number of amides is 2. The normalized spacial score (nSPS) is 23.7. The monoisotopic (exact) mass is 449 g/mol. The van der Waals surface area contributed by atoms with E-state index in [1.807, 2.05) is 0 Å². The maximum absolute atomic E-state index is 13.8. The van der Waals surface area contributed by atoms with E-state index in [0.717, 1.165) is 19.0 Å². The number of nitrogens with one attached hydrogen (secondary N) is 1. The Morgan fingerprint density at radius 3 is 2.62 bits per heavy atom. The van der Waals surface area contributed by atoms with Gasteiger partial charge >= 0.3 is 0 Å². The van der Waals surface area contributed by atoms with E-state index >= 15 is 0 Å². The highest BCUT2D eigenvalue weighted by molar-refractivity contribution is 5.99. The van der Waals surface area contributed by atoms with Crippen molar-refractivity contribution < 1.29 is 32.6 Å². The van der Waals surface area contributed by atoms with Gasteiger partial charge in [-0.25, -0.2) is 13.2 Å². The van der Waals surface area contributed by atoms with Gasteiger partial charge in [-0.3, -0.25) is 14.4 Å². The summed E-state index contributed by atoms with van der Waals surface area (Å²) in [6, 6.07) is 0.912. The number of aromatic hydroxyl groups is 1. The molecule has 2 N–H and O–H groups in total. The number of aromatic nitrogens is 1. The first-order chi connectivity index (χ1) is 15.2. The van der Waals surface area contributed by atoms with Gasteiger partial charge in [-0.15, -0.1) is 0 Å². The minimum atomic E-state index is -1.19. The lowest BCUT2D eigenvalue weighted by Gasteiger charge is -2.44. The number of fused-ring (bicyclic) bond motifs is 5. The van der Waals surface area contributed by atoms with Gasteiger partial charge in [0.05, 0.1) is 12.6 Å². The zero-order valence-corrected chi connectivity index (χ0v) is 16.6. The number of nitrogens with zero attached hydrogens (tertiary/aromatic N) is 2. The van der Waals surface area contributed by atoms with E-state index in [0.29, 0.717) is 18.6 Å². The largest absolute Gasteiger partial charge is 0.503 e. The summed E-state index contributed by atoms with van der Waals surface area (Å²) in [5.41, 5.74) is -2.40. The number of halogens is 3. The molecule has 0 spiro atoms. The van der Waals surface area contributed by atoms with Crippen molar-refractivity contribution in [1.29, 1.82) is 0 Å². The molecule has 1 aliphatic carbocycles. The van der Waals surface area contributed by atoms with Crippen LogP contribution in [0.15, 0.2) is 23.1 Å². The molecular weight excluding hydrogens is 431 g/mol. The Balaban J connectivity index is 1.44. The molecule has 3 atom stereocenters. The van der Waals surface area contributed by atoms with Gasteiger partial charge in [0.2, 0.25) is 5.43 Å². The second-order valence-corrected chi connectivity index (χ2v) is 8.14. The van der Waals surface area contributed by atoms with Crippen LogP contribution in [0.5, 0.6) is 5.75 Å². The van der Waals surface area contributed by atoms with Gasteiger partial charge in [0.25, 0.3) is 11.8 Å². The molecule has 2 aliphatic heterocycles. The van der Waals surface area contributed by atoms with Crippen LogP contribution in [0.3, 0.4) is 0 Å². The van der Waals surface area contributed by atoms with Crippen molar-refractivity contribution in [3.05, 3.63) is 62.8 Å². The standard InChI is InChI=1S/C21H18F3N3O5/c22-9-3-14(23)12(15(24)4-9)6-25-20(30)13-7-26-8-16-27(10-1-2-11(5-10)32-16)21(31)17(26)19(29)18(13)28/h3-4,7,10-11,16,29H,1-2,5-6,8H2,(H,25,30)/t10?,11?,16-/m0/s1. The number of carbonyl (C=O) groups excluding carboxylic acids is 2.